The van der Waals surface area contributed by atoms with Crippen LogP contribution in [0, 0.1) is 0 Å². The molecular weight excluding hydrogens is 264 g/mol. The predicted molar refractivity (Wildman–Crippen MR) is 83.4 cm³/mol. The third kappa shape index (κ3) is 4.02. The van der Waals surface area contributed by atoms with Crippen molar-refractivity contribution in [2.24, 2.45) is 11.5 Å². The molecule has 0 bridgehead atoms. The molecule has 5 nitrogen and oxygen atoms in total. The molecule has 1 aromatic rings. The van der Waals surface area contributed by atoms with Crippen LogP contribution in [0.25, 0.3) is 0 Å². The summed E-state index contributed by atoms with van der Waals surface area (Å²) in [6.07, 6.45) is 7.23. The van der Waals surface area contributed by atoms with Crippen molar-refractivity contribution in [3.8, 4) is 0 Å². The summed E-state index contributed by atoms with van der Waals surface area (Å²) < 4.78 is 0. The molecule has 0 aliphatic heterocycles. The van der Waals surface area contributed by atoms with E-state index in [1.807, 2.05) is 18.2 Å². The van der Waals surface area contributed by atoms with Crippen LogP contribution in [-0.4, -0.2) is 34.4 Å². The SMILES string of the molecule is CCC(N)C(c1ccccn1)N(CC(N)=O)C1CCCC1. The molecule has 1 aromatic heterocycles. The summed E-state index contributed by atoms with van der Waals surface area (Å²) in [5.41, 5.74) is 12.8. The summed E-state index contributed by atoms with van der Waals surface area (Å²) in [7, 11) is 0. The van der Waals surface area contributed by atoms with E-state index >= 15 is 0 Å². The lowest BCUT2D eigenvalue weighted by Crippen LogP contribution is -2.48. The molecule has 2 unspecified atom stereocenters. The van der Waals surface area contributed by atoms with Gasteiger partial charge in [-0.25, -0.2) is 0 Å². The Kier molecular flexibility index (Phi) is 5.70. The van der Waals surface area contributed by atoms with Crippen LogP contribution in [0.15, 0.2) is 24.4 Å². The van der Waals surface area contributed by atoms with Crippen molar-refractivity contribution in [3.63, 3.8) is 0 Å². The van der Waals surface area contributed by atoms with Gasteiger partial charge < -0.3 is 11.5 Å². The summed E-state index contributed by atoms with van der Waals surface area (Å²) in [6, 6.07) is 6.12. The first kappa shape index (κ1) is 15.9. The number of aromatic nitrogens is 1. The summed E-state index contributed by atoms with van der Waals surface area (Å²) in [5, 5.41) is 0. The fraction of sp³-hybridized carbons (Fsp3) is 0.625. The number of nitrogens with two attached hydrogens (primary N) is 2. The van der Waals surface area contributed by atoms with Gasteiger partial charge in [-0.05, 0) is 31.4 Å². The number of amides is 1. The summed E-state index contributed by atoms with van der Waals surface area (Å²) >= 11 is 0. The zero-order valence-electron chi connectivity index (χ0n) is 12.7. The molecule has 1 aliphatic carbocycles. The smallest absolute Gasteiger partial charge is 0.231 e. The Bertz CT molecular complexity index is 445. The minimum atomic E-state index is -0.300. The van der Waals surface area contributed by atoms with Gasteiger partial charge in [0.25, 0.3) is 0 Å². The van der Waals surface area contributed by atoms with Crippen molar-refractivity contribution in [2.75, 3.05) is 6.54 Å². The first-order valence-corrected chi connectivity index (χ1v) is 7.84. The van der Waals surface area contributed by atoms with E-state index in [-0.39, 0.29) is 24.5 Å². The molecule has 2 rings (SSSR count). The molecule has 0 spiro atoms. The highest BCUT2D eigenvalue weighted by molar-refractivity contribution is 5.76. The number of primary amides is 1. The van der Waals surface area contributed by atoms with Gasteiger partial charge in [-0.3, -0.25) is 14.7 Å². The van der Waals surface area contributed by atoms with Crippen molar-refractivity contribution >= 4 is 5.91 Å². The quantitative estimate of drug-likeness (QED) is 0.798. The van der Waals surface area contributed by atoms with E-state index in [4.69, 9.17) is 11.5 Å². The van der Waals surface area contributed by atoms with Gasteiger partial charge in [0.2, 0.25) is 5.91 Å². The van der Waals surface area contributed by atoms with Gasteiger partial charge in [0.1, 0.15) is 0 Å². The molecule has 1 aliphatic rings. The first-order valence-electron chi connectivity index (χ1n) is 7.84. The zero-order valence-corrected chi connectivity index (χ0v) is 12.7. The lowest BCUT2D eigenvalue weighted by molar-refractivity contribution is -0.120. The third-order valence-electron chi connectivity index (χ3n) is 4.36. The number of rotatable bonds is 7. The maximum Gasteiger partial charge on any atom is 0.231 e. The highest BCUT2D eigenvalue weighted by Gasteiger charge is 2.34. The topological polar surface area (TPSA) is 85.2 Å². The fourth-order valence-electron chi connectivity index (χ4n) is 3.28. The minimum Gasteiger partial charge on any atom is -0.369 e. The number of carbonyl (C=O) groups is 1. The van der Waals surface area contributed by atoms with E-state index in [1.165, 1.54) is 12.8 Å². The summed E-state index contributed by atoms with van der Waals surface area (Å²) in [5.74, 6) is -0.300. The van der Waals surface area contributed by atoms with Crippen molar-refractivity contribution in [1.29, 1.82) is 0 Å². The van der Waals surface area contributed by atoms with E-state index in [9.17, 15) is 4.79 Å². The zero-order chi connectivity index (χ0) is 15.2. The second kappa shape index (κ2) is 7.52. The average Bonchev–Trinajstić information content (AvgIpc) is 3.01. The third-order valence-corrected chi connectivity index (χ3v) is 4.36. The van der Waals surface area contributed by atoms with Crippen LogP contribution in [0.2, 0.25) is 0 Å². The molecule has 2 atom stereocenters. The lowest BCUT2D eigenvalue weighted by atomic mass is 9.98. The Morgan fingerprint density at radius 3 is 2.67 bits per heavy atom. The first-order chi connectivity index (χ1) is 10.1. The van der Waals surface area contributed by atoms with Crippen LogP contribution in [-0.2, 0) is 4.79 Å². The fourth-order valence-corrected chi connectivity index (χ4v) is 3.28. The minimum absolute atomic E-state index is 0.0493. The van der Waals surface area contributed by atoms with Crippen LogP contribution in [0.4, 0.5) is 0 Å². The molecule has 1 heterocycles. The maximum absolute atomic E-state index is 11.5. The van der Waals surface area contributed by atoms with Gasteiger partial charge >= 0.3 is 0 Å². The van der Waals surface area contributed by atoms with Gasteiger partial charge in [0.05, 0.1) is 18.3 Å². The molecule has 0 aromatic carbocycles. The van der Waals surface area contributed by atoms with Gasteiger partial charge in [0.15, 0.2) is 0 Å². The molecule has 0 radical (unpaired) electrons. The van der Waals surface area contributed by atoms with Crippen molar-refractivity contribution < 1.29 is 4.79 Å². The van der Waals surface area contributed by atoms with Crippen LogP contribution in [0.1, 0.15) is 50.8 Å². The molecule has 1 saturated carbocycles. The van der Waals surface area contributed by atoms with Crippen LogP contribution in [0.3, 0.4) is 0 Å². The standard InChI is InChI=1S/C16H26N4O/c1-2-13(17)16(14-9-5-6-10-19-14)20(11-15(18)21)12-7-3-4-8-12/h5-6,9-10,12-13,16H,2-4,7-8,11,17H2,1H3,(H2,18,21). The highest BCUT2D eigenvalue weighted by Crippen LogP contribution is 2.32. The van der Waals surface area contributed by atoms with E-state index in [0.29, 0.717) is 6.04 Å². The largest absolute Gasteiger partial charge is 0.369 e. The van der Waals surface area contributed by atoms with Crippen molar-refractivity contribution in [3.05, 3.63) is 30.1 Å². The Morgan fingerprint density at radius 2 is 2.14 bits per heavy atom. The molecule has 1 fully saturated rings. The Hall–Kier alpha value is -1.46. The number of hydrogen-bond donors (Lipinski definition) is 2. The van der Waals surface area contributed by atoms with E-state index < -0.39 is 0 Å². The molecule has 4 N–H and O–H groups in total. The number of pyridine rings is 1. The van der Waals surface area contributed by atoms with Gasteiger partial charge in [-0.2, -0.15) is 0 Å². The van der Waals surface area contributed by atoms with E-state index in [1.54, 1.807) is 6.20 Å². The lowest BCUT2D eigenvalue weighted by Gasteiger charge is -2.38. The normalized spacial score (nSPS) is 18.8. The second-order valence-electron chi connectivity index (χ2n) is 5.85. The molecular formula is C16H26N4O. The maximum atomic E-state index is 11.5. The average molecular weight is 290 g/mol. The van der Waals surface area contributed by atoms with Crippen LogP contribution in [0.5, 0.6) is 0 Å². The molecule has 21 heavy (non-hydrogen) atoms. The number of nitrogens with zero attached hydrogens (tertiary/aromatic N) is 2. The van der Waals surface area contributed by atoms with Crippen LogP contribution >= 0.6 is 0 Å². The summed E-state index contributed by atoms with van der Waals surface area (Å²) in [6.45, 7) is 2.32. The van der Waals surface area contributed by atoms with Crippen molar-refractivity contribution in [2.45, 2.75) is 57.2 Å². The van der Waals surface area contributed by atoms with Crippen molar-refractivity contribution in [1.82, 2.24) is 9.88 Å². The van der Waals surface area contributed by atoms with E-state index in [2.05, 4.69) is 16.8 Å². The van der Waals surface area contributed by atoms with Crippen LogP contribution < -0.4 is 11.5 Å². The number of carbonyl (C=O) groups excluding carboxylic acids is 1. The monoisotopic (exact) mass is 290 g/mol. The Morgan fingerprint density at radius 1 is 1.43 bits per heavy atom. The van der Waals surface area contributed by atoms with Gasteiger partial charge in [-0.1, -0.05) is 25.8 Å². The molecule has 1 amide bonds. The summed E-state index contributed by atoms with van der Waals surface area (Å²) in [4.78, 5) is 18.2. The number of hydrogen-bond acceptors (Lipinski definition) is 4. The van der Waals surface area contributed by atoms with Gasteiger partial charge in [0, 0.05) is 18.3 Å². The molecule has 0 saturated heterocycles. The molecule has 5 heteroatoms. The second-order valence-corrected chi connectivity index (χ2v) is 5.85. The molecule has 116 valence electrons. The predicted octanol–water partition coefficient (Wildman–Crippen LogP) is 1.59. The highest BCUT2D eigenvalue weighted by atomic mass is 16.1. The van der Waals surface area contributed by atoms with Gasteiger partial charge in [-0.15, -0.1) is 0 Å². The Labute approximate surface area is 126 Å². The van der Waals surface area contributed by atoms with E-state index in [0.717, 1.165) is 25.0 Å². The Balaban J connectivity index is 2.31.